The number of likely N-dealkylation sites (tertiary alicyclic amines) is 1. The van der Waals surface area contributed by atoms with Crippen molar-refractivity contribution in [2.24, 2.45) is 0 Å². The summed E-state index contributed by atoms with van der Waals surface area (Å²) in [6, 6.07) is 3.61. The Labute approximate surface area is 134 Å². The fourth-order valence-electron chi connectivity index (χ4n) is 5.79. The minimum Gasteiger partial charge on any atom is -0.504 e. The molecule has 1 unspecified atom stereocenters. The second-order valence-electron chi connectivity index (χ2n) is 7.41. The summed E-state index contributed by atoms with van der Waals surface area (Å²) in [4.78, 5) is 14.9. The molecule has 2 bridgehead atoms. The van der Waals surface area contributed by atoms with E-state index in [4.69, 9.17) is 4.74 Å². The summed E-state index contributed by atoms with van der Waals surface area (Å²) in [5.41, 5.74) is 0.388. The molecule has 5 nitrogen and oxygen atoms in total. The van der Waals surface area contributed by atoms with Crippen molar-refractivity contribution in [1.29, 1.82) is 0 Å². The molecule has 1 aromatic rings. The molecule has 122 valence electrons. The van der Waals surface area contributed by atoms with Gasteiger partial charge in [0.05, 0.1) is 11.0 Å². The van der Waals surface area contributed by atoms with Gasteiger partial charge in [-0.1, -0.05) is 13.0 Å². The number of hydrogen-bond donors (Lipinski definition) is 2. The number of ketones is 1. The van der Waals surface area contributed by atoms with Crippen molar-refractivity contribution in [2.75, 3.05) is 13.1 Å². The number of aliphatic hydroxyl groups is 1. The number of ether oxygens (including phenoxy) is 1. The van der Waals surface area contributed by atoms with Gasteiger partial charge in [-0.2, -0.15) is 0 Å². The quantitative estimate of drug-likeness (QED) is 0.813. The van der Waals surface area contributed by atoms with Gasteiger partial charge in [0.15, 0.2) is 23.4 Å². The summed E-state index contributed by atoms with van der Waals surface area (Å²) >= 11 is 0. The molecule has 4 aliphatic rings. The van der Waals surface area contributed by atoms with Crippen molar-refractivity contribution in [3.63, 3.8) is 0 Å². The first-order chi connectivity index (χ1) is 11.0. The second kappa shape index (κ2) is 4.08. The highest BCUT2D eigenvalue weighted by Crippen LogP contribution is 2.64. The van der Waals surface area contributed by atoms with Crippen LogP contribution in [-0.4, -0.2) is 51.7 Å². The maximum absolute atomic E-state index is 12.6. The number of phenolic OH excluding ortho intramolecular Hbond substituents is 1. The van der Waals surface area contributed by atoms with Crippen LogP contribution < -0.4 is 4.74 Å². The molecule has 1 spiro atoms. The molecule has 5 heteroatoms. The van der Waals surface area contributed by atoms with Crippen LogP contribution in [0, 0.1) is 0 Å². The maximum atomic E-state index is 12.6. The maximum Gasteiger partial charge on any atom is 0.174 e. The molecular formula is C18H21NO4. The number of aromatic hydroxyl groups is 1. The largest absolute Gasteiger partial charge is 0.504 e. The van der Waals surface area contributed by atoms with Gasteiger partial charge in [-0.15, -0.1) is 0 Å². The lowest BCUT2D eigenvalue weighted by atomic mass is 9.49. The molecule has 1 aromatic carbocycles. The van der Waals surface area contributed by atoms with Crippen LogP contribution in [0.3, 0.4) is 0 Å². The second-order valence-corrected chi connectivity index (χ2v) is 7.41. The number of likely N-dealkylation sites (N-methyl/N-ethyl adjacent to an activating group) is 1. The molecule has 0 amide bonds. The van der Waals surface area contributed by atoms with Crippen LogP contribution in [-0.2, 0) is 16.6 Å². The topological polar surface area (TPSA) is 70.0 Å². The molecule has 2 aliphatic heterocycles. The molecule has 0 radical (unpaired) electrons. The SMILES string of the molecule is CCN1CC[C@]23c4c5ccc(O)c4OC2C(=O)CC[C@@]3(O)[C@H]1C5. The monoisotopic (exact) mass is 315 g/mol. The van der Waals surface area contributed by atoms with Gasteiger partial charge in [0, 0.05) is 18.0 Å². The lowest BCUT2D eigenvalue weighted by Gasteiger charge is -2.62. The van der Waals surface area contributed by atoms with E-state index >= 15 is 0 Å². The van der Waals surface area contributed by atoms with Crippen LogP contribution in [0.4, 0.5) is 0 Å². The van der Waals surface area contributed by atoms with E-state index < -0.39 is 17.1 Å². The number of hydrogen-bond acceptors (Lipinski definition) is 5. The summed E-state index contributed by atoms with van der Waals surface area (Å²) < 4.78 is 5.98. The Hall–Kier alpha value is -1.59. The Kier molecular flexibility index (Phi) is 2.45. The third kappa shape index (κ3) is 1.32. The van der Waals surface area contributed by atoms with Crippen molar-refractivity contribution in [2.45, 2.75) is 55.8 Å². The number of benzene rings is 1. The third-order valence-electron chi connectivity index (χ3n) is 6.77. The van der Waals surface area contributed by atoms with E-state index in [2.05, 4.69) is 11.8 Å². The van der Waals surface area contributed by atoms with Gasteiger partial charge < -0.3 is 14.9 Å². The number of Topliss-reactive ketones (excluding diaryl/α,β-unsaturated/α-hetero) is 1. The number of rotatable bonds is 1. The number of carbonyl (C=O) groups excluding carboxylic acids is 1. The summed E-state index contributed by atoms with van der Waals surface area (Å²) in [5, 5.41) is 22.0. The van der Waals surface area contributed by atoms with Crippen molar-refractivity contribution in [1.82, 2.24) is 4.90 Å². The van der Waals surface area contributed by atoms with E-state index in [0.717, 1.165) is 30.6 Å². The van der Waals surface area contributed by atoms with Crippen LogP contribution in [0.15, 0.2) is 12.1 Å². The zero-order valence-corrected chi connectivity index (χ0v) is 13.2. The zero-order valence-electron chi connectivity index (χ0n) is 13.2. The normalized spacial score (nSPS) is 40.7. The first-order valence-corrected chi connectivity index (χ1v) is 8.54. The minimum atomic E-state index is -0.953. The van der Waals surface area contributed by atoms with E-state index in [-0.39, 0.29) is 17.6 Å². The van der Waals surface area contributed by atoms with E-state index in [9.17, 15) is 15.0 Å². The summed E-state index contributed by atoms with van der Waals surface area (Å²) in [6.45, 7) is 3.86. The molecule has 1 saturated carbocycles. The molecule has 2 N–H and O–H groups in total. The Morgan fingerprint density at radius 3 is 3.00 bits per heavy atom. The van der Waals surface area contributed by atoms with E-state index in [1.165, 1.54) is 0 Å². The first kappa shape index (κ1) is 13.8. The number of piperidine rings is 1. The summed E-state index contributed by atoms with van der Waals surface area (Å²) in [5.74, 6) is 0.574. The van der Waals surface area contributed by atoms with Gasteiger partial charge >= 0.3 is 0 Å². The number of carbonyl (C=O) groups is 1. The molecule has 2 heterocycles. The Morgan fingerprint density at radius 2 is 2.22 bits per heavy atom. The molecule has 23 heavy (non-hydrogen) atoms. The van der Waals surface area contributed by atoms with E-state index in [1.807, 2.05) is 6.07 Å². The molecule has 2 aliphatic carbocycles. The lowest BCUT2D eigenvalue weighted by Crippen LogP contribution is -2.76. The van der Waals surface area contributed by atoms with Gasteiger partial charge in [-0.05, 0) is 44.0 Å². The van der Waals surface area contributed by atoms with Crippen LogP contribution in [0.1, 0.15) is 37.3 Å². The predicted octanol–water partition coefficient (Wildman–Crippen LogP) is 1.14. The van der Waals surface area contributed by atoms with Crippen LogP contribution >= 0.6 is 0 Å². The van der Waals surface area contributed by atoms with Gasteiger partial charge in [-0.25, -0.2) is 0 Å². The fourth-order valence-corrected chi connectivity index (χ4v) is 5.79. The van der Waals surface area contributed by atoms with Gasteiger partial charge in [0.1, 0.15) is 0 Å². The summed E-state index contributed by atoms with van der Waals surface area (Å²) in [6.07, 6.45) is 1.64. The molecule has 1 saturated heterocycles. The molecular weight excluding hydrogens is 294 g/mol. The predicted molar refractivity (Wildman–Crippen MR) is 82.7 cm³/mol. The Balaban J connectivity index is 1.84. The molecule has 0 aromatic heterocycles. The van der Waals surface area contributed by atoms with Crippen LogP contribution in [0.2, 0.25) is 0 Å². The molecule has 5 rings (SSSR count). The van der Waals surface area contributed by atoms with Crippen LogP contribution in [0.25, 0.3) is 0 Å². The minimum absolute atomic E-state index is 0.0171. The first-order valence-electron chi connectivity index (χ1n) is 8.54. The Morgan fingerprint density at radius 1 is 1.39 bits per heavy atom. The van der Waals surface area contributed by atoms with E-state index in [1.54, 1.807) is 6.07 Å². The summed E-state index contributed by atoms with van der Waals surface area (Å²) in [7, 11) is 0. The average Bonchev–Trinajstić information content (AvgIpc) is 2.89. The molecule has 4 atom stereocenters. The molecule has 2 fully saturated rings. The van der Waals surface area contributed by atoms with Crippen molar-refractivity contribution >= 4 is 5.78 Å². The standard InChI is InChI=1S/C18H21NO4/c1-2-19-8-7-17-14-10-3-4-11(20)15(14)23-16(17)12(21)5-6-18(17,22)13(19)9-10/h3-4,13,16,20,22H,2,5-9H2,1H3/t13-,16?,17+,18-/m1/s1. The van der Waals surface area contributed by atoms with Crippen LogP contribution in [0.5, 0.6) is 11.5 Å². The number of nitrogens with zero attached hydrogens (tertiary/aromatic N) is 1. The van der Waals surface area contributed by atoms with Crippen molar-refractivity contribution < 1.29 is 19.7 Å². The third-order valence-corrected chi connectivity index (χ3v) is 6.77. The smallest absolute Gasteiger partial charge is 0.174 e. The highest BCUT2D eigenvalue weighted by Gasteiger charge is 2.72. The fraction of sp³-hybridized carbons (Fsp3) is 0.611. The van der Waals surface area contributed by atoms with Gasteiger partial charge in [-0.3, -0.25) is 9.69 Å². The zero-order chi connectivity index (χ0) is 16.0. The van der Waals surface area contributed by atoms with Crippen molar-refractivity contribution in [3.05, 3.63) is 23.3 Å². The average molecular weight is 315 g/mol. The van der Waals surface area contributed by atoms with Crippen molar-refractivity contribution in [3.8, 4) is 11.5 Å². The number of phenols is 1. The van der Waals surface area contributed by atoms with Gasteiger partial charge in [0.2, 0.25) is 0 Å². The van der Waals surface area contributed by atoms with E-state index in [0.29, 0.717) is 25.0 Å². The van der Waals surface area contributed by atoms with Gasteiger partial charge in [0.25, 0.3) is 0 Å². The highest BCUT2D eigenvalue weighted by molar-refractivity contribution is 5.90. The Bertz CT molecular complexity index is 732. The highest BCUT2D eigenvalue weighted by atomic mass is 16.5. The lowest BCUT2D eigenvalue weighted by molar-refractivity contribution is -0.187.